The molecule has 1 aliphatic carbocycles. The van der Waals surface area contributed by atoms with E-state index in [9.17, 15) is 5.11 Å². The average Bonchev–Trinajstić information content (AvgIpc) is 2.84. The van der Waals surface area contributed by atoms with Crippen molar-refractivity contribution in [2.45, 2.75) is 38.7 Å². The Morgan fingerprint density at radius 1 is 1.58 bits per heavy atom. The molecule has 0 aromatic carbocycles. The van der Waals surface area contributed by atoms with Crippen LogP contribution < -0.4 is 0 Å². The summed E-state index contributed by atoms with van der Waals surface area (Å²) in [6, 6.07) is 0. The Morgan fingerprint density at radius 3 is 2.92 bits per heavy atom. The second-order valence-corrected chi connectivity index (χ2v) is 3.26. The smallest absolute Gasteiger partial charge is 0.0730 e. The molecule has 0 aliphatic heterocycles. The maximum Gasteiger partial charge on any atom is 0.0730 e. The van der Waals surface area contributed by atoms with Gasteiger partial charge in [0.1, 0.15) is 0 Å². The topological polar surface area (TPSA) is 20.2 Å². The Balaban J connectivity index is 2.08. The number of hydrogen-bond donors (Lipinski definition) is 1. The largest absolute Gasteiger partial charge is 0.389 e. The third kappa shape index (κ3) is 4.20. The van der Waals surface area contributed by atoms with Gasteiger partial charge in [0.2, 0.25) is 0 Å². The Labute approximate surface area is 74.5 Å². The molecule has 0 heterocycles. The van der Waals surface area contributed by atoms with Gasteiger partial charge in [0, 0.05) is 6.42 Å². The lowest BCUT2D eigenvalue weighted by Gasteiger charge is -2.00. The van der Waals surface area contributed by atoms with E-state index in [0.29, 0.717) is 0 Å². The molecule has 1 saturated carbocycles. The van der Waals surface area contributed by atoms with Crippen LogP contribution in [-0.2, 0) is 0 Å². The summed E-state index contributed by atoms with van der Waals surface area (Å²) in [7, 11) is 0. The normalized spacial score (nSPS) is 18.8. The lowest BCUT2D eigenvalue weighted by Crippen LogP contribution is -2.00. The van der Waals surface area contributed by atoms with Crippen molar-refractivity contribution in [3.8, 4) is 11.8 Å². The van der Waals surface area contributed by atoms with E-state index in [0.717, 1.165) is 18.8 Å². The lowest BCUT2D eigenvalue weighted by atomic mass is 10.2. The van der Waals surface area contributed by atoms with E-state index in [-0.39, 0.29) is 6.10 Å². The standard InChI is InChI=1S/C11H16O/c1-2-3-4-5-11(12)9-8-10-6-7-10/h8-12H,4-7H2,1H3. The van der Waals surface area contributed by atoms with Crippen molar-refractivity contribution in [2.24, 2.45) is 5.92 Å². The zero-order valence-corrected chi connectivity index (χ0v) is 7.59. The molecule has 0 spiro atoms. The van der Waals surface area contributed by atoms with Crippen LogP contribution in [0.1, 0.15) is 32.6 Å². The first-order valence-electron chi connectivity index (χ1n) is 4.59. The van der Waals surface area contributed by atoms with Gasteiger partial charge >= 0.3 is 0 Å². The summed E-state index contributed by atoms with van der Waals surface area (Å²) in [4.78, 5) is 0. The Hall–Kier alpha value is -0.740. The fraction of sp³-hybridized carbons (Fsp3) is 0.636. The highest BCUT2D eigenvalue weighted by atomic mass is 16.3. The molecule has 0 aromatic heterocycles. The van der Waals surface area contributed by atoms with Gasteiger partial charge in [0.25, 0.3) is 0 Å². The van der Waals surface area contributed by atoms with Crippen molar-refractivity contribution >= 4 is 0 Å². The molecule has 0 saturated heterocycles. The van der Waals surface area contributed by atoms with Gasteiger partial charge < -0.3 is 5.11 Å². The summed E-state index contributed by atoms with van der Waals surface area (Å²) in [5, 5.41) is 9.40. The maximum atomic E-state index is 9.40. The average molecular weight is 164 g/mol. The highest BCUT2D eigenvalue weighted by Crippen LogP contribution is 2.30. The Morgan fingerprint density at radius 2 is 2.33 bits per heavy atom. The number of rotatable bonds is 4. The molecule has 12 heavy (non-hydrogen) atoms. The third-order valence-electron chi connectivity index (χ3n) is 1.97. The fourth-order valence-electron chi connectivity index (χ4n) is 1.02. The highest BCUT2D eigenvalue weighted by Gasteiger charge is 2.17. The summed E-state index contributed by atoms with van der Waals surface area (Å²) < 4.78 is 0. The first-order valence-corrected chi connectivity index (χ1v) is 4.59. The van der Waals surface area contributed by atoms with E-state index >= 15 is 0 Å². The van der Waals surface area contributed by atoms with Crippen molar-refractivity contribution in [3.63, 3.8) is 0 Å². The van der Waals surface area contributed by atoms with E-state index in [1.807, 2.05) is 13.0 Å². The van der Waals surface area contributed by atoms with Crippen LogP contribution in [-0.4, -0.2) is 11.2 Å². The summed E-state index contributed by atoms with van der Waals surface area (Å²) in [5.41, 5.74) is 0. The lowest BCUT2D eigenvalue weighted by molar-refractivity contribution is 0.214. The highest BCUT2D eigenvalue weighted by molar-refractivity contribution is 5.01. The van der Waals surface area contributed by atoms with E-state index in [1.54, 1.807) is 0 Å². The fourth-order valence-corrected chi connectivity index (χ4v) is 1.02. The molecule has 1 heteroatoms. The van der Waals surface area contributed by atoms with Gasteiger partial charge in [-0.1, -0.05) is 12.2 Å². The van der Waals surface area contributed by atoms with Crippen molar-refractivity contribution in [1.82, 2.24) is 0 Å². The van der Waals surface area contributed by atoms with E-state index in [1.165, 1.54) is 12.8 Å². The number of hydrogen-bond acceptors (Lipinski definition) is 1. The van der Waals surface area contributed by atoms with Crippen LogP contribution in [0.5, 0.6) is 0 Å². The van der Waals surface area contributed by atoms with Crippen LogP contribution in [0.25, 0.3) is 0 Å². The first-order chi connectivity index (χ1) is 5.83. The molecule has 1 fully saturated rings. The zero-order chi connectivity index (χ0) is 8.81. The molecular formula is C11H16O. The first kappa shape index (κ1) is 9.35. The van der Waals surface area contributed by atoms with Crippen molar-refractivity contribution in [3.05, 3.63) is 12.2 Å². The SMILES string of the molecule is CC#CCCC(O)C=CC1CC1. The molecule has 1 N–H and O–H groups in total. The molecule has 1 rings (SSSR count). The van der Waals surface area contributed by atoms with Crippen LogP contribution in [0.4, 0.5) is 0 Å². The monoisotopic (exact) mass is 164 g/mol. The zero-order valence-electron chi connectivity index (χ0n) is 7.59. The van der Waals surface area contributed by atoms with Crippen LogP contribution in [0.2, 0.25) is 0 Å². The van der Waals surface area contributed by atoms with Crippen LogP contribution in [0.15, 0.2) is 12.2 Å². The van der Waals surface area contributed by atoms with Crippen molar-refractivity contribution < 1.29 is 5.11 Å². The molecule has 0 aromatic rings. The van der Waals surface area contributed by atoms with Crippen LogP contribution in [0, 0.1) is 17.8 Å². The van der Waals surface area contributed by atoms with Gasteiger partial charge in [-0.25, -0.2) is 0 Å². The number of aliphatic hydroxyl groups is 1. The quantitative estimate of drug-likeness (QED) is 0.498. The second kappa shape index (κ2) is 5.00. The number of allylic oxidation sites excluding steroid dienone is 1. The van der Waals surface area contributed by atoms with Gasteiger partial charge in [0.15, 0.2) is 0 Å². The van der Waals surface area contributed by atoms with Gasteiger partial charge in [-0.05, 0) is 32.1 Å². The molecule has 0 radical (unpaired) electrons. The molecular weight excluding hydrogens is 148 g/mol. The van der Waals surface area contributed by atoms with E-state index in [2.05, 4.69) is 17.9 Å². The van der Waals surface area contributed by atoms with Crippen molar-refractivity contribution in [2.75, 3.05) is 0 Å². The molecule has 1 atom stereocenters. The van der Waals surface area contributed by atoms with E-state index < -0.39 is 0 Å². The predicted molar refractivity (Wildman–Crippen MR) is 50.6 cm³/mol. The summed E-state index contributed by atoms with van der Waals surface area (Å²) >= 11 is 0. The molecule has 0 bridgehead atoms. The Bertz CT molecular complexity index is 203. The van der Waals surface area contributed by atoms with Gasteiger partial charge in [-0.15, -0.1) is 11.8 Å². The van der Waals surface area contributed by atoms with Crippen LogP contribution in [0.3, 0.4) is 0 Å². The van der Waals surface area contributed by atoms with Crippen LogP contribution >= 0.6 is 0 Å². The Kier molecular flexibility index (Phi) is 3.90. The molecule has 66 valence electrons. The third-order valence-corrected chi connectivity index (χ3v) is 1.97. The molecule has 1 unspecified atom stereocenters. The molecule has 1 nitrogen and oxygen atoms in total. The maximum absolute atomic E-state index is 9.40. The minimum absolute atomic E-state index is 0.286. The predicted octanol–water partition coefficient (Wildman–Crippen LogP) is 2.12. The molecule has 0 amide bonds. The molecule has 1 aliphatic rings. The minimum Gasteiger partial charge on any atom is -0.389 e. The van der Waals surface area contributed by atoms with Gasteiger partial charge in [-0.2, -0.15) is 0 Å². The number of aliphatic hydroxyl groups excluding tert-OH is 1. The van der Waals surface area contributed by atoms with Gasteiger partial charge in [-0.3, -0.25) is 0 Å². The van der Waals surface area contributed by atoms with Crippen molar-refractivity contribution in [1.29, 1.82) is 0 Å². The summed E-state index contributed by atoms with van der Waals surface area (Å²) in [6.07, 6.45) is 7.93. The van der Waals surface area contributed by atoms with Gasteiger partial charge in [0.05, 0.1) is 6.10 Å². The van der Waals surface area contributed by atoms with E-state index in [4.69, 9.17) is 0 Å². The summed E-state index contributed by atoms with van der Waals surface area (Å²) in [5.74, 6) is 6.51. The summed E-state index contributed by atoms with van der Waals surface area (Å²) in [6.45, 7) is 1.83. The second-order valence-electron chi connectivity index (χ2n) is 3.26. The minimum atomic E-state index is -0.286.